The van der Waals surface area contributed by atoms with E-state index in [9.17, 15) is 9.59 Å². The van der Waals surface area contributed by atoms with Gasteiger partial charge in [0, 0.05) is 24.3 Å². The number of nitrogens with one attached hydrogen (secondary N) is 1. The average molecular weight is 396 g/mol. The van der Waals surface area contributed by atoms with E-state index < -0.39 is 0 Å². The number of nitrogens with zero attached hydrogens (tertiary/aromatic N) is 1. The molecule has 3 rings (SSSR count). The van der Waals surface area contributed by atoms with Crippen molar-refractivity contribution in [3.05, 3.63) is 47.5 Å². The summed E-state index contributed by atoms with van der Waals surface area (Å²) in [6.07, 6.45) is 2.13. The van der Waals surface area contributed by atoms with Crippen LogP contribution < -0.4 is 19.7 Å². The molecule has 0 spiro atoms. The van der Waals surface area contributed by atoms with Gasteiger partial charge >= 0.3 is 0 Å². The fourth-order valence-electron chi connectivity index (χ4n) is 3.53. The lowest BCUT2D eigenvalue weighted by atomic mass is 9.99. The molecule has 1 aliphatic heterocycles. The van der Waals surface area contributed by atoms with Crippen molar-refractivity contribution in [2.45, 2.75) is 33.1 Å². The van der Waals surface area contributed by atoms with E-state index in [1.165, 1.54) is 14.2 Å². The number of benzene rings is 2. The van der Waals surface area contributed by atoms with Crippen LogP contribution in [-0.2, 0) is 11.2 Å². The number of fused-ring (bicyclic) bond motifs is 1. The minimum atomic E-state index is -0.274. The van der Waals surface area contributed by atoms with Gasteiger partial charge in [0.2, 0.25) is 5.91 Å². The summed E-state index contributed by atoms with van der Waals surface area (Å²) >= 11 is 0. The van der Waals surface area contributed by atoms with E-state index >= 15 is 0 Å². The molecule has 154 valence electrons. The normalized spacial score (nSPS) is 13.3. The highest BCUT2D eigenvalue weighted by Crippen LogP contribution is 2.33. The van der Waals surface area contributed by atoms with Crippen LogP contribution in [0.5, 0.6) is 11.5 Å². The van der Waals surface area contributed by atoms with E-state index in [4.69, 9.17) is 9.47 Å². The van der Waals surface area contributed by atoms with Crippen LogP contribution in [0.2, 0.25) is 0 Å². The first-order valence-electron chi connectivity index (χ1n) is 9.90. The van der Waals surface area contributed by atoms with E-state index in [0.717, 1.165) is 24.2 Å². The number of hydrogen-bond acceptors (Lipinski definition) is 4. The number of anilines is 2. The molecule has 6 heteroatoms. The van der Waals surface area contributed by atoms with Crippen LogP contribution in [0.15, 0.2) is 36.4 Å². The Bertz CT molecular complexity index is 908. The topological polar surface area (TPSA) is 67.9 Å². The molecular formula is C23H28N2O4. The maximum absolute atomic E-state index is 12.8. The number of carbonyl (C=O) groups excluding carboxylic acids is 2. The van der Waals surface area contributed by atoms with Crippen molar-refractivity contribution in [3.63, 3.8) is 0 Å². The monoisotopic (exact) mass is 396 g/mol. The number of aryl methyl sites for hydroxylation is 1. The molecule has 0 unspecified atom stereocenters. The minimum absolute atomic E-state index is 0.163. The predicted molar refractivity (Wildman–Crippen MR) is 114 cm³/mol. The Labute approximate surface area is 171 Å². The Balaban J connectivity index is 1.82. The third-order valence-corrected chi connectivity index (χ3v) is 5.12. The number of methoxy groups -OCH3 is 2. The summed E-state index contributed by atoms with van der Waals surface area (Å²) in [5.74, 6) is 1.32. The molecule has 0 fully saturated rings. The first-order chi connectivity index (χ1) is 13.9. The summed E-state index contributed by atoms with van der Waals surface area (Å²) in [5, 5.41) is 2.93. The van der Waals surface area contributed by atoms with Crippen LogP contribution >= 0.6 is 0 Å². The zero-order valence-electron chi connectivity index (χ0n) is 17.5. The molecule has 2 aromatic rings. The maximum Gasteiger partial charge on any atom is 0.259 e. The average Bonchev–Trinajstić information content (AvgIpc) is 2.72. The van der Waals surface area contributed by atoms with E-state index in [1.807, 2.05) is 23.1 Å². The standard InChI is InChI=1S/C23H28N2O4/c1-15(2)12-13-25-19-10-9-17(14-16(19)8-11-21(25)26)24-23(27)18-6-5-7-20(28-3)22(18)29-4/h5-7,9-10,14-15H,8,11-13H2,1-4H3,(H,24,27). The summed E-state index contributed by atoms with van der Waals surface area (Å²) in [4.78, 5) is 27.1. The van der Waals surface area contributed by atoms with Gasteiger partial charge in [0.25, 0.3) is 5.91 Å². The molecule has 2 aromatic carbocycles. The molecule has 0 aliphatic carbocycles. The molecule has 1 aliphatic rings. The molecular weight excluding hydrogens is 368 g/mol. The van der Waals surface area contributed by atoms with E-state index in [0.29, 0.717) is 41.5 Å². The summed E-state index contributed by atoms with van der Waals surface area (Å²) in [6, 6.07) is 10.9. The number of para-hydroxylation sites is 1. The van der Waals surface area contributed by atoms with Gasteiger partial charge in [-0.1, -0.05) is 19.9 Å². The van der Waals surface area contributed by atoms with Crippen LogP contribution in [0.1, 0.15) is 42.6 Å². The van der Waals surface area contributed by atoms with Crippen molar-refractivity contribution in [1.29, 1.82) is 0 Å². The number of carbonyl (C=O) groups is 2. The van der Waals surface area contributed by atoms with Gasteiger partial charge in [0.05, 0.1) is 19.8 Å². The lowest BCUT2D eigenvalue weighted by Gasteiger charge is -2.30. The van der Waals surface area contributed by atoms with Crippen LogP contribution in [-0.4, -0.2) is 32.6 Å². The van der Waals surface area contributed by atoms with Crippen molar-refractivity contribution in [2.24, 2.45) is 5.92 Å². The Kier molecular flexibility index (Phi) is 6.42. The number of amides is 2. The van der Waals surface area contributed by atoms with Crippen LogP contribution in [0.4, 0.5) is 11.4 Å². The van der Waals surface area contributed by atoms with Gasteiger partial charge in [-0.2, -0.15) is 0 Å². The van der Waals surface area contributed by atoms with Crippen molar-refractivity contribution in [3.8, 4) is 11.5 Å². The molecule has 0 radical (unpaired) electrons. The second kappa shape index (κ2) is 8.99. The highest BCUT2D eigenvalue weighted by Gasteiger charge is 2.24. The first-order valence-corrected chi connectivity index (χ1v) is 9.90. The molecule has 0 aromatic heterocycles. The third kappa shape index (κ3) is 4.53. The van der Waals surface area contributed by atoms with E-state index in [-0.39, 0.29) is 11.8 Å². The van der Waals surface area contributed by atoms with Crippen LogP contribution in [0, 0.1) is 5.92 Å². The zero-order valence-corrected chi connectivity index (χ0v) is 17.5. The molecule has 0 saturated heterocycles. The molecule has 2 amide bonds. The number of hydrogen-bond donors (Lipinski definition) is 1. The van der Waals surface area contributed by atoms with Gasteiger partial charge < -0.3 is 19.7 Å². The SMILES string of the molecule is COc1cccc(C(=O)Nc2ccc3c(c2)CCC(=O)N3CCC(C)C)c1OC. The van der Waals surface area contributed by atoms with Crippen LogP contribution in [0.25, 0.3) is 0 Å². The smallest absolute Gasteiger partial charge is 0.259 e. The fraction of sp³-hybridized carbons (Fsp3) is 0.391. The largest absolute Gasteiger partial charge is 0.493 e. The zero-order chi connectivity index (χ0) is 21.0. The van der Waals surface area contributed by atoms with Gasteiger partial charge in [-0.25, -0.2) is 0 Å². The summed E-state index contributed by atoms with van der Waals surface area (Å²) < 4.78 is 10.6. The van der Waals surface area contributed by atoms with Crippen molar-refractivity contribution in [2.75, 3.05) is 31.0 Å². The predicted octanol–water partition coefficient (Wildman–Crippen LogP) is 4.28. The third-order valence-electron chi connectivity index (χ3n) is 5.12. The van der Waals surface area contributed by atoms with Gasteiger partial charge in [-0.3, -0.25) is 9.59 Å². The molecule has 0 saturated carbocycles. The van der Waals surface area contributed by atoms with Crippen LogP contribution in [0.3, 0.4) is 0 Å². The highest BCUT2D eigenvalue weighted by molar-refractivity contribution is 6.07. The van der Waals surface area contributed by atoms with Gasteiger partial charge in [-0.15, -0.1) is 0 Å². The summed E-state index contributed by atoms with van der Waals surface area (Å²) in [5.41, 5.74) is 3.11. The first kappa shape index (κ1) is 20.7. The molecule has 1 N–H and O–H groups in total. The Hall–Kier alpha value is -3.02. The molecule has 6 nitrogen and oxygen atoms in total. The maximum atomic E-state index is 12.8. The lowest BCUT2D eigenvalue weighted by Crippen LogP contribution is -2.36. The Morgan fingerprint density at radius 2 is 1.93 bits per heavy atom. The molecule has 29 heavy (non-hydrogen) atoms. The van der Waals surface area contributed by atoms with Gasteiger partial charge in [0.15, 0.2) is 11.5 Å². The second-order valence-corrected chi connectivity index (χ2v) is 7.57. The quantitative estimate of drug-likeness (QED) is 0.758. The summed E-state index contributed by atoms with van der Waals surface area (Å²) in [6.45, 7) is 5.03. The molecule has 0 atom stereocenters. The fourth-order valence-corrected chi connectivity index (χ4v) is 3.53. The Morgan fingerprint density at radius 3 is 2.62 bits per heavy atom. The lowest BCUT2D eigenvalue weighted by molar-refractivity contribution is -0.118. The molecule has 1 heterocycles. The van der Waals surface area contributed by atoms with E-state index in [2.05, 4.69) is 19.2 Å². The second-order valence-electron chi connectivity index (χ2n) is 7.57. The van der Waals surface area contributed by atoms with Crippen molar-refractivity contribution >= 4 is 23.2 Å². The molecule has 0 bridgehead atoms. The van der Waals surface area contributed by atoms with E-state index in [1.54, 1.807) is 18.2 Å². The summed E-state index contributed by atoms with van der Waals surface area (Å²) in [7, 11) is 3.05. The van der Waals surface area contributed by atoms with Crippen molar-refractivity contribution < 1.29 is 19.1 Å². The van der Waals surface area contributed by atoms with Gasteiger partial charge in [0.1, 0.15) is 0 Å². The van der Waals surface area contributed by atoms with Crippen molar-refractivity contribution in [1.82, 2.24) is 0 Å². The van der Waals surface area contributed by atoms with Gasteiger partial charge in [-0.05, 0) is 54.7 Å². The minimum Gasteiger partial charge on any atom is -0.493 e. The number of rotatable bonds is 7. The number of ether oxygens (including phenoxy) is 2. The highest BCUT2D eigenvalue weighted by atomic mass is 16.5. The Morgan fingerprint density at radius 1 is 1.14 bits per heavy atom.